The minimum absolute atomic E-state index is 0.0579. The van der Waals surface area contributed by atoms with Crippen LogP contribution in [-0.2, 0) is 20.7 Å². The van der Waals surface area contributed by atoms with Crippen LogP contribution in [0.5, 0.6) is 11.5 Å². The highest BCUT2D eigenvalue weighted by molar-refractivity contribution is 5.85. The molecule has 0 aromatic heterocycles. The van der Waals surface area contributed by atoms with Crippen molar-refractivity contribution in [3.8, 4) is 11.5 Å². The van der Waals surface area contributed by atoms with Gasteiger partial charge in [0.15, 0.2) is 11.5 Å². The second kappa shape index (κ2) is 18.3. The summed E-state index contributed by atoms with van der Waals surface area (Å²) in [5.74, 6) is -1.46. The molecule has 1 aromatic carbocycles. The Bertz CT molecular complexity index is 681. The summed E-state index contributed by atoms with van der Waals surface area (Å²) < 4.78 is 4.85. The van der Waals surface area contributed by atoms with E-state index in [0.29, 0.717) is 12.0 Å². The summed E-state index contributed by atoms with van der Waals surface area (Å²) in [7, 11) is 0. The minimum Gasteiger partial charge on any atom is -0.504 e. The number of aromatic hydroxyl groups is 2. The number of carbonyl (C=O) groups excluding carboxylic acids is 2. The van der Waals surface area contributed by atoms with Crippen LogP contribution in [0.2, 0.25) is 0 Å². The normalized spacial score (nSPS) is 11.2. The number of carbonyl (C=O) groups is 2. The molecule has 5 nitrogen and oxygen atoms in total. The first-order chi connectivity index (χ1) is 15.5. The van der Waals surface area contributed by atoms with Gasteiger partial charge in [-0.25, -0.2) is 0 Å². The van der Waals surface area contributed by atoms with E-state index in [2.05, 4.69) is 19.1 Å². The number of phenols is 2. The number of ether oxygens (including phenoxy) is 1. The lowest BCUT2D eigenvalue weighted by Crippen LogP contribution is -2.12. The van der Waals surface area contributed by atoms with Crippen LogP contribution < -0.4 is 0 Å². The van der Waals surface area contributed by atoms with Crippen molar-refractivity contribution in [2.75, 3.05) is 0 Å². The molecule has 0 bridgehead atoms. The van der Waals surface area contributed by atoms with Gasteiger partial charge in [-0.05, 0) is 56.2 Å². The molecule has 0 aliphatic heterocycles. The van der Waals surface area contributed by atoms with Crippen molar-refractivity contribution in [3.05, 3.63) is 35.9 Å². The van der Waals surface area contributed by atoms with Crippen molar-refractivity contribution in [1.29, 1.82) is 0 Å². The fraction of sp³-hybridized carbons (Fsp3) is 0.630. The highest BCUT2D eigenvalue weighted by Crippen LogP contribution is 2.25. The Balaban J connectivity index is 1.94. The molecule has 0 fully saturated rings. The zero-order valence-corrected chi connectivity index (χ0v) is 19.8. The van der Waals surface area contributed by atoms with Gasteiger partial charge in [-0.2, -0.15) is 0 Å². The molecule has 2 N–H and O–H groups in total. The van der Waals surface area contributed by atoms with Gasteiger partial charge in [0.2, 0.25) is 0 Å². The lowest BCUT2D eigenvalue weighted by Gasteiger charge is -2.05. The Hall–Kier alpha value is -2.30. The third-order valence-electron chi connectivity index (χ3n) is 5.53. The van der Waals surface area contributed by atoms with Crippen LogP contribution in [0.15, 0.2) is 30.4 Å². The first kappa shape index (κ1) is 27.7. The molecule has 0 saturated heterocycles. The lowest BCUT2D eigenvalue weighted by atomic mass is 10.1. The smallest absolute Gasteiger partial charge is 0.313 e. The molecule has 0 aliphatic carbocycles. The summed E-state index contributed by atoms with van der Waals surface area (Å²) in [6.07, 6.45) is 20.8. The molecule has 0 amide bonds. The number of rotatable bonds is 18. The summed E-state index contributed by atoms with van der Waals surface area (Å²) in [5.41, 5.74) is 0.696. The molecule has 32 heavy (non-hydrogen) atoms. The van der Waals surface area contributed by atoms with Crippen molar-refractivity contribution < 1.29 is 24.5 Å². The van der Waals surface area contributed by atoms with E-state index in [1.165, 1.54) is 63.5 Å². The maximum Gasteiger partial charge on any atom is 0.313 e. The summed E-state index contributed by atoms with van der Waals surface area (Å²) in [5, 5.41) is 18.7. The second-order valence-electron chi connectivity index (χ2n) is 8.50. The fourth-order valence-electron chi connectivity index (χ4n) is 3.54. The highest BCUT2D eigenvalue weighted by Gasteiger charge is 2.11. The predicted molar refractivity (Wildman–Crippen MR) is 129 cm³/mol. The van der Waals surface area contributed by atoms with Crippen molar-refractivity contribution in [3.63, 3.8) is 0 Å². The van der Waals surface area contributed by atoms with Gasteiger partial charge < -0.3 is 14.9 Å². The van der Waals surface area contributed by atoms with Crippen molar-refractivity contribution >= 4 is 11.9 Å². The predicted octanol–water partition coefficient (Wildman–Crippen LogP) is 7.14. The Kier molecular flexibility index (Phi) is 15.9. The molecule has 5 heteroatoms. The average Bonchev–Trinajstić information content (AvgIpc) is 2.77. The van der Waals surface area contributed by atoms with Crippen LogP contribution in [0.25, 0.3) is 0 Å². The van der Waals surface area contributed by atoms with Crippen molar-refractivity contribution in [2.45, 2.75) is 110 Å². The molecule has 0 saturated carbocycles. The van der Waals surface area contributed by atoms with E-state index >= 15 is 0 Å². The van der Waals surface area contributed by atoms with Crippen molar-refractivity contribution in [1.82, 2.24) is 0 Å². The maximum atomic E-state index is 11.8. The van der Waals surface area contributed by atoms with Gasteiger partial charge in [-0.1, -0.05) is 76.5 Å². The van der Waals surface area contributed by atoms with Crippen LogP contribution in [-0.4, -0.2) is 22.2 Å². The van der Waals surface area contributed by atoms with Gasteiger partial charge >= 0.3 is 11.9 Å². The zero-order chi connectivity index (χ0) is 23.4. The van der Waals surface area contributed by atoms with E-state index in [1.807, 2.05) is 0 Å². The molecule has 0 radical (unpaired) electrons. The summed E-state index contributed by atoms with van der Waals surface area (Å²) in [6, 6.07) is 4.39. The van der Waals surface area contributed by atoms with Gasteiger partial charge in [-0.15, -0.1) is 0 Å². The standard InChI is InChI=1S/C27H42O5/c1-2-3-4-5-6-7-8-9-10-11-12-13-14-15-16-17-26(30)32-27(31)21-19-23-18-20-24(28)25(29)22-23/h9-10,18,20,22,28-29H,2-8,11-17,19,21H2,1H3/b10-9-. The Morgan fingerprint density at radius 3 is 1.94 bits per heavy atom. The van der Waals surface area contributed by atoms with Crippen molar-refractivity contribution in [2.24, 2.45) is 0 Å². The van der Waals surface area contributed by atoms with Crippen LogP contribution in [0.4, 0.5) is 0 Å². The number of esters is 2. The Labute approximate surface area is 193 Å². The number of hydrogen-bond donors (Lipinski definition) is 2. The number of allylic oxidation sites excluding steroid dienone is 2. The van der Waals surface area contributed by atoms with Gasteiger partial charge in [0, 0.05) is 6.42 Å². The average molecular weight is 447 g/mol. The van der Waals surface area contributed by atoms with E-state index in [1.54, 1.807) is 6.07 Å². The van der Waals surface area contributed by atoms with Crippen LogP contribution in [0.1, 0.15) is 109 Å². The van der Waals surface area contributed by atoms with Crippen LogP contribution >= 0.6 is 0 Å². The van der Waals surface area contributed by atoms with Gasteiger partial charge in [0.05, 0.1) is 6.42 Å². The van der Waals surface area contributed by atoms with Crippen LogP contribution in [0.3, 0.4) is 0 Å². The van der Waals surface area contributed by atoms with E-state index in [-0.39, 0.29) is 24.3 Å². The third kappa shape index (κ3) is 14.7. The minimum atomic E-state index is -0.560. The zero-order valence-electron chi connectivity index (χ0n) is 19.8. The molecular weight excluding hydrogens is 404 g/mol. The molecule has 0 unspecified atom stereocenters. The molecule has 0 atom stereocenters. The first-order valence-electron chi connectivity index (χ1n) is 12.4. The van der Waals surface area contributed by atoms with Gasteiger partial charge in [0.25, 0.3) is 0 Å². The topological polar surface area (TPSA) is 83.8 Å². The number of hydrogen-bond acceptors (Lipinski definition) is 5. The SMILES string of the molecule is CCCCCCCC/C=C\CCCCCCCC(=O)OC(=O)CCc1ccc(O)c(O)c1. The summed E-state index contributed by atoms with van der Waals surface area (Å²) in [6.45, 7) is 2.25. The quantitative estimate of drug-likeness (QED) is 0.0823. The summed E-state index contributed by atoms with van der Waals surface area (Å²) >= 11 is 0. The summed E-state index contributed by atoms with van der Waals surface area (Å²) in [4.78, 5) is 23.5. The second-order valence-corrected chi connectivity index (χ2v) is 8.50. The Morgan fingerprint density at radius 2 is 1.31 bits per heavy atom. The molecule has 0 spiro atoms. The van der Waals surface area contributed by atoms with Gasteiger partial charge in [0.1, 0.15) is 0 Å². The largest absolute Gasteiger partial charge is 0.504 e. The molecule has 1 rings (SSSR count). The molecular formula is C27H42O5. The van der Waals surface area contributed by atoms with E-state index in [0.717, 1.165) is 32.1 Å². The van der Waals surface area contributed by atoms with E-state index in [4.69, 9.17) is 4.74 Å². The van der Waals surface area contributed by atoms with Gasteiger partial charge in [-0.3, -0.25) is 9.59 Å². The molecule has 1 aromatic rings. The first-order valence-corrected chi connectivity index (χ1v) is 12.4. The lowest BCUT2D eigenvalue weighted by molar-refractivity contribution is -0.159. The number of aryl methyl sites for hydroxylation is 1. The molecule has 180 valence electrons. The number of unbranched alkanes of at least 4 members (excludes halogenated alkanes) is 11. The number of benzene rings is 1. The third-order valence-corrected chi connectivity index (χ3v) is 5.53. The number of phenolic OH excluding ortho intramolecular Hbond substituents is 2. The monoisotopic (exact) mass is 446 g/mol. The highest BCUT2D eigenvalue weighted by atomic mass is 16.6. The Morgan fingerprint density at radius 1 is 0.750 bits per heavy atom. The molecule has 0 aliphatic rings. The van der Waals surface area contributed by atoms with Crippen LogP contribution in [0, 0.1) is 0 Å². The van der Waals surface area contributed by atoms with E-state index < -0.39 is 11.9 Å². The van der Waals surface area contributed by atoms with E-state index in [9.17, 15) is 19.8 Å². The fourth-order valence-corrected chi connectivity index (χ4v) is 3.54. The maximum absolute atomic E-state index is 11.8. The molecule has 0 heterocycles.